The van der Waals surface area contributed by atoms with Gasteiger partial charge in [0.1, 0.15) is 23.1 Å². The van der Waals surface area contributed by atoms with E-state index in [9.17, 15) is 5.26 Å². The normalized spacial score (nSPS) is 11.0. The third kappa shape index (κ3) is 3.40. The fraction of sp³-hybridized carbons (Fsp3) is 0.278. The van der Waals surface area contributed by atoms with Gasteiger partial charge in [0.05, 0.1) is 0 Å². The molecule has 0 bridgehead atoms. The van der Waals surface area contributed by atoms with Crippen LogP contribution in [-0.4, -0.2) is 6.26 Å². The van der Waals surface area contributed by atoms with E-state index < -0.39 is 0 Å². The summed E-state index contributed by atoms with van der Waals surface area (Å²) in [4.78, 5) is 0.934. The van der Waals surface area contributed by atoms with Crippen LogP contribution < -0.4 is 4.74 Å². The van der Waals surface area contributed by atoms with Crippen molar-refractivity contribution in [2.75, 3.05) is 6.26 Å². The molecule has 0 radical (unpaired) electrons. The van der Waals surface area contributed by atoms with Gasteiger partial charge in [-0.2, -0.15) is 5.26 Å². The average Bonchev–Trinajstić information content (AvgIpc) is 2.46. The molecule has 0 spiro atoms. The van der Waals surface area contributed by atoms with Gasteiger partial charge in [0.2, 0.25) is 0 Å². The standard InChI is InChI=1S/C18H19NOS/c1-18(2,3)14-8-5-6-9-16(14)20-15-10-7-11-17(21-4)13(15)12-19/h5-11H,1-4H3. The average molecular weight is 297 g/mol. The van der Waals surface area contributed by atoms with Gasteiger partial charge in [-0.05, 0) is 29.9 Å². The van der Waals surface area contributed by atoms with Crippen molar-refractivity contribution in [3.8, 4) is 17.6 Å². The molecule has 2 rings (SSSR count). The van der Waals surface area contributed by atoms with E-state index in [2.05, 4.69) is 32.9 Å². The van der Waals surface area contributed by atoms with Crippen LogP contribution in [0.5, 0.6) is 11.5 Å². The van der Waals surface area contributed by atoms with E-state index in [4.69, 9.17) is 4.74 Å². The molecular formula is C18H19NOS. The molecule has 0 amide bonds. The minimum atomic E-state index is -0.0134. The predicted molar refractivity (Wildman–Crippen MR) is 88.2 cm³/mol. The maximum Gasteiger partial charge on any atom is 0.146 e. The molecular weight excluding hydrogens is 278 g/mol. The Kier molecular flexibility index (Phi) is 4.59. The number of benzene rings is 2. The van der Waals surface area contributed by atoms with Crippen molar-refractivity contribution in [1.82, 2.24) is 0 Å². The molecule has 0 unspecified atom stereocenters. The van der Waals surface area contributed by atoms with Gasteiger partial charge in [-0.3, -0.25) is 0 Å². The molecule has 0 saturated carbocycles. The maximum atomic E-state index is 9.39. The smallest absolute Gasteiger partial charge is 0.146 e. The quantitative estimate of drug-likeness (QED) is 0.714. The lowest BCUT2D eigenvalue weighted by Crippen LogP contribution is -2.12. The van der Waals surface area contributed by atoms with Crippen molar-refractivity contribution in [3.05, 3.63) is 53.6 Å². The fourth-order valence-corrected chi connectivity index (χ4v) is 2.74. The minimum absolute atomic E-state index is 0.0134. The first-order chi connectivity index (χ1) is 9.97. The highest BCUT2D eigenvalue weighted by Gasteiger charge is 2.19. The third-order valence-corrected chi connectivity index (χ3v) is 4.01. The third-order valence-electron chi connectivity index (χ3n) is 3.23. The molecule has 21 heavy (non-hydrogen) atoms. The van der Waals surface area contributed by atoms with Gasteiger partial charge < -0.3 is 4.74 Å². The number of thioether (sulfide) groups is 1. The van der Waals surface area contributed by atoms with Crippen LogP contribution in [0.2, 0.25) is 0 Å². The Bertz CT molecular complexity index is 680. The Morgan fingerprint density at radius 3 is 2.29 bits per heavy atom. The van der Waals surface area contributed by atoms with E-state index in [1.807, 2.05) is 42.7 Å². The molecule has 0 aliphatic rings. The summed E-state index contributed by atoms with van der Waals surface area (Å²) in [5.74, 6) is 1.42. The molecule has 3 heteroatoms. The topological polar surface area (TPSA) is 33.0 Å². The summed E-state index contributed by atoms with van der Waals surface area (Å²) >= 11 is 1.55. The van der Waals surface area contributed by atoms with Crippen molar-refractivity contribution in [1.29, 1.82) is 5.26 Å². The molecule has 2 aromatic carbocycles. The monoisotopic (exact) mass is 297 g/mol. The predicted octanol–water partition coefficient (Wildman–Crippen LogP) is 5.37. The van der Waals surface area contributed by atoms with Crippen LogP contribution >= 0.6 is 11.8 Å². The molecule has 0 saturated heterocycles. The second-order valence-corrected chi connectivity index (χ2v) is 6.64. The highest BCUT2D eigenvalue weighted by molar-refractivity contribution is 7.98. The molecule has 0 aromatic heterocycles. The van der Waals surface area contributed by atoms with Crippen molar-refractivity contribution in [3.63, 3.8) is 0 Å². The first kappa shape index (κ1) is 15.5. The van der Waals surface area contributed by atoms with Gasteiger partial charge in [-0.25, -0.2) is 0 Å². The van der Waals surface area contributed by atoms with Crippen LogP contribution in [0.3, 0.4) is 0 Å². The lowest BCUT2D eigenvalue weighted by atomic mass is 9.86. The SMILES string of the molecule is CSc1cccc(Oc2ccccc2C(C)(C)C)c1C#N. The summed E-state index contributed by atoms with van der Waals surface area (Å²) < 4.78 is 6.06. The molecule has 2 aromatic rings. The maximum absolute atomic E-state index is 9.39. The van der Waals surface area contributed by atoms with E-state index in [1.54, 1.807) is 11.8 Å². The Morgan fingerprint density at radius 1 is 1.00 bits per heavy atom. The van der Waals surface area contributed by atoms with Gasteiger partial charge in [-0.1, -0.05) is 45.0 Å². The lowest BCUT2D eigenvalue weighted by molar-refractivity contribution is 0.453. The molecule has 0 heterocycles. The second-order valence-electron chi connectivity index (χ2n) is 5.79. The highest BCUT2D eigenvalue weighted by Crippen LogP contribution is 2.36. The molecule has 108 valence electrons. The Labute approximate surface area is 130 Å². The molecule has 0 atom stereocenters. The largest absolute Gasteiger partial charge is 0.456 e. The van der Waals surface area contributed by atoms with Crippen molar-refractivity contribution in [2.45, 2.75) is 31.1 Å². The van der Waals surface area contributed by atoms with Gasteiger partial charge in [0.15, 0.2) is 0 Å². The number of para-hydroxylation sites is 1. The summed E-state index contributed by atoms with van der Waals surface area (Å²) in [6.45, 7) is 6.45. The van der Waals surface area contributed by atoms with E-state index in [0.29, 0.717) is 11.3 Å². The summed E-state index contributed by atoms with van der Waals surface area (Å²) in [6, 6.07) is 15.9. The van der Waals surface area contributed by atoms with Gasteiger partial charge >= 0.3 is 0 Å². The lowest BCUT2D eigenvalue weighted by Gasteiger charge is -2.23. The first-order valence-corrected chi connectivity index (χ1v) is 8.04. The summed E-state index contributed by atoms with van der Waals surface area (Å²) in [6.07, 6.45) is 1.96. The Balaban J connectivity index is 2.48. The molecule has 0 N–H and O–H groups in total. The number of hydrogen-bond donors (Lipinski definition) is 0. The Morgan fingerprint density at radius 2 is 1.67 bits per heavy atom. The van der Waals surface area contributed by atoms with Crippen LogP contribution in [0, 0.1) is 11.3 Å². The van der Waals surface area contributed by atoms with Crippen LogP contribution in [0.1, 0.15) is 31.9 Å². The molecule has 2 nitrogen and oxygen atoms in total. The van der Waals surface area contributed by atoms with Gasteiger partial charge in [-0.15, -0.1) is 11.8 Å². The van der Waals surface area contributed by atoms with Crippen LogP contribution in [0.15, 0.2) is 47.4 Å². The number of rotatable bonds is 3. The molecule has 0 fully saturated rings. The highest BCUT2D eigenvalue weighted by atomic mass is 32.2. The van der Waals surface area contributed by atoms with E-state index >= 15 is 0 Å². The summed E-state index contributed by atoms with van der Waals surface area (Å²) in [5.41, 5.74) is 1.71. The number of hydrogen-bond acceptors (Lipinski definition) is 3. The van der Waals surface area contributed by atoms with Gasteiger partial charge in [0, 0.05) is 10.5 Å². The number of nitrogens with zero attached hydrogens (tertiary/aromatic N) is 1. The fourth-order valence-electron chi connectivity index (χ4n) is 2.17. The van der Waals surface area contributed by atoms with Crippen molar-refractivity contribution in [2.24, 2.45) is 0 Å². The zero-order chi connectivity index (χ0) is 15.5. The van der Waals surface area contributed by atoms with Crippen LogP contribution in [0.25, 0.3) is 0 Å². The second kappa shape index (κ2) is 6.24. The zero-order valence-electron chi connectivity index (χ0n) is 12.8. The van der Waals surface area contributed by atoms with Crippen LogP contribution in [0.4, 0.5) is 0 Å². The van der Waals surface area contributed by atoms with Crippen molar-refractivity contribution < 1.29 is 4.74 Å². The summed E-state index contributed by atoms with van der Waals surface area (Å²) in [5, 5.41) is 9.39. The minimum Gasteiger partial charge on any atom is -0.456 e. The first-order valence-electron chi connectivity index (χ1n) is 6.82. The van der Waals surface area contributed by atoms with E-state index in [-0.39, 0.29) is 5.41 Å². The van der Waals surface area contributed by atoms with Crippen LogP contribution in [-0.2, 0) is 5.41 Å². The molecule has 0 aliphatic heterocycles. The number of ether oxygens (including phenoxy) is 1. The number of nitriles is 1. The zero-order valence-corrected chi connectivity index (χ0v) is 13.6. The molecule has 0 aliphatic carbocycles. The summed E-state index contributed by atoms with van der Waals surface area (Å²) in [7, 11) is 0. The van der Waals surface area contributed by atoms with E-state index in [0.717, 1.165) is 16.2 Å². The Hall–Kier alpha value is -1.92. The van der Waals surface area contributed by atoms with E-state index in [1.165, 1.54) is 0 Å². The van der Waals surface area contributed by atoms with Crippen molar-refractivity contribution >= 4 is 11.8 Å². The van der Waals surface area contributed by atoms with Gasteiger partial charge in [0.25, 0.3) is 0 Å².